The second-order valence-corrected chi connectivity index (χ2v) is 7.43. The lowest BCUT2D eigenvalue weighted by Gasteiger charge is -2.20. The molecular formula is C23H22N4O5. The maximum Gasteiger partial charge on any atom is 0.331 e. The zero-order valence-electron chi connectivity index (χ0n) is 17.6. The van der Waals surface area contributed by atoms with E-state index >= 15 is 0 Å². The SMILES string of the molecule is COc1ccc([C@H]2CC(c3c(O)n(Cc4ccccc4)c(=O)[nH]c3=O)=NN2C(C)=O)cc1. The van der Waals surface area contributed by atoms with E-state index < -0.39 is 23.2 Å². The Morgan fingerprint density at radius 3 is 2.47 bits per heavy atom. The van der Waals surface area contributed by atoms with Crippen LogP contribution >= 0.6 is 0 Å². The third-order valence-corrected chi connectivity index (χ3v) is 5.38. The molecule has 1 atom stereocenters. The number of ether oxygens (including phenoxy) is 1. The first-order valence-electron chi connectivity index (χ1n) is 10.0. The first kappa shape index (κ1) is 21.1. The lowest BCUT2D eigenvalue weighted by molar-refractivity contribution is -0.130. The molecule has 32 heavy (non-hydrogen) atoms. The Hall–Kier alpha value is -4.14. The lowest BCUT2D eigenvalue weighted by Crippen LogP contribution is -2.34. The first-order valence-corrected chi connectivity index (χ1v) is 10.0. The van der Waals surface area contributed by atoms with Crippen molar-refractivity contribution in [3.8, 4) is 11.6 Å². The molecule has 4 rings (SSSR count). The third-order valence-electron chi connectivity index (χ3n) is 5.38. The number of nitrogens with zero attached hydrogens (tertiary/aromatic N) is 3. The Balaban J connectivity index is 1.74. The Morgan fingerprint density at radius 2 is 1.84 bits per heavy atom. The molecular weight excluding hydrogens is 412 g/mol. The number of hydrogen-bond acceptors (Lipinski definition) is 6. The minimum absolute atomic E-state index is 0.0703. The summed E-state index contributed by atoms with van der Waals surface area (Å²) in [4.78, 5) is 39.5. The summed E-state index contributed by atoms with van der Waals surface area (Å²) < 4.78 is 6.26. The van der Waals surface area contributed by atoms with Crippen molar-refractivity contribution in [1.29, 1.82) is 0 Å². The quantitative estimate of drug-likeness (QED) is 0.637. The highest BCUT2D eigenvalue weighted by Crippen LogP contribution is 2.34. The first-order chi connectivity index (χ1) is 15.4. The molecule has 1 aromatic heterocycles. The number of benzene rings is 2. The van der Waals surface area contributed by atoms with Crippen LogP contribution in [0.15, 0.2) is 69.3 Å². The van der Waals surface area contributed by atoms with Crippen LogP contribution in [0.4, 0.5) is 0 Å². The molecule has 1 amide bonds. The molecule has 9 heteroatoms. The predicted octanol–water partition coefficient (Wildman–Crippen LogP) is 2.00. The van der Waals surface area contributed by atoms with E-state index in [2.05, 4.69) is 10.1 Å². The lowest BCUT2D eigenvalue weighted by atomic mass is 9.99. The van der Waals surface area contributed by atoms with Gasteiger partial charge in [-0.1, -0.05) is 42.5 Å². The Labute approximate surface area is 183 Å². The van der Waals surface area contributed by atoms with Crippen LogP contribution in [0, 0.1) is 0 Å². The van der Waals surface area contributed by atoms with Crippen LogP contribution in [0.2, 0.25) is 0 Å². The van der Waals surface area contributed by atoms with E-state index in [9.17, 15) is 19.5 Å². The Kier molecular flexibility index (Phi) is 5.63. The smallest absolute Gasteiger partial charge is 0.331 e. The summed E-state index contributed by atoms with van der Waals surface area (Å²) in [6.45, 7) is 1.45. The summed E-state index contributed by atoms with van der Waals surface area (Å²) in [7, 11) is 1.56. The fourth-order valence-corrected chi connectivity index (χ4v) is 3.77. The maximum absolute atomic E-state index is 12.6. The number of aromatic hydroxyl groups is 1. The average Bonchev–Trinajstić information content (AvgIpc) is 3.22. The van der Waals surface area contributed by atoms with Gasteiger partial charge in [0.15, 0.2) is 0 Å². The van der Waals surface area contributed by atoms with Gasteiger partial charge in [0.05, 0.1) is 25.4 Å². The normalized spacial score (nSPS) is 15.5. The summed E-state index contributed by atoms with van der Waals surface area (Å²) in [5.74, 6) is -0.126. The van der Waals surface area contributed by atoms with Gasteiger partial charge in [0.25, 0.3) is 5.56 Å². The number of aromatic nitrogens is 2. The fourth-order valence-electron chi connectivity index (χ4n) is 3.77. The molecule has 164 valence electrons. The van der Waals surface area contributed by atoms with Crippen LogP contribution in [-0.4, -0.2) is 38.4 Å². The number of aromatic amines is 1. The van der Waals surface area contributed by atoms with Crippen molar-refractivity contribution in [1.82, 2.24) is 14.6 Å². The van der Waals surface area contributed by atoms with Crippen molar-refractivity contribution < 1.29 is 14.6 Å². The van der Waals surface area contributed by atoms with E-state index in [4.69, 9.17) is 4.74 Å². The number of H-pyrrole nitrogens is 1. The summed E-state index contributed by atoms with van der Waals surface area (Å²) in [6.07, 6.45) is 0.200. The summed E-state index contributed by atoms with van der Waals surface area (Å²) in [5.41, 5.74) is 0.193. The van der Waals surface area contributed by atoms with Gasteiger partial charge in [-0.15, -0.1) is 0 Å². The standard InChI is InChI=1S/C23H22N4O5/c1-14(28)27-19(16-8-10-17(32-2)11-9-16)12-18(25-27)20-21(29)24-23(31)26(22(20)30)13-15-6-4-3-5-7-15/h3-11,19,30H,12-13H2,1-2H3,(H,24,29,31)/t19-/m1/s1. The Bertz CT molecular complexity index is 1290. The molecule has 2 aromatic carbocycles. The Morgan fingerprint density at radius 1 is 1.16 bits per heavy atom. The van der Waals surface area contributed by atoms with Crippen LogP contribution in [0.25, 0.3) is 0 Å². The minimum Gasteiger partial charge on any atom is -0.497 e. The number of carbonyl (C=O) groups is 1. The average molecular weight is 434 g/mol. The summed E-state index contributed by atoms with van der Waals surface area (Å²) >= 11 is 0. The van der Waals surface area contributed by atoms with Gasteiger partial charge in [-0.3, -0.25) is 19.1 Å². The van der Waals surface area contributed by atoms with E-state index in [1.165, 1.54) is 11.9 Å². The van der Waals surface area contributed by atoms with Crippen molar-refractivity contribution in [2.24, 2.45) is 5.10 Å². The van der Waals surface area contributed by atoms with Crippen molar-refractivity contribution in [3.05, 3.63) is 92.1 Å². The monoisotopic (exact) mass is 434 g/mol. The third kappa shape index (κ3) is 3.92. The van der Waals surface area contributed by atoms with E-state index in [1.807, 2.05) is 30.3 Å². The second-order valence-electron chi connectivity index (χ2n) is 7.43. The molecule has 9 nitrogen and oxygen atoms in total. The molecule has 0 fully saturated rings. The number of carbonyl (C=O) groups excluding carboxylic acids is 1. The van der Waals surface area contributed by atoms with E-state index in [1.54, 1.807) is 31.4 Å². The van der Waals surface area contributed by atoms with Gasteiger partial charge >= 0.3 is 5.69 Å². The minimum atomic E-state index is -0.755. The number of amides is 1. The number of rotatable bonds is 5. The van der Waals surface area contributed by atoms with E-state index in [0.717, 1.165) is 15.7 Å². The number of hydrogen-bond donors (Lipinski definition) is 2. The molecule has 2 heterocycles. The van der Waals surface area contributed by atoms with Gasteiger partial charge < -0.3 is 9.84 Å². The molecule has 0 bridgehead atoms. The molecule has 0 spiro atoms. The maximum atomic E-state index is 12.6. The largest absolute Gasteiger partial charge is 0.497 e. The van der Waals surface area contributed by atoms with Gasteiger partial charge in [-0.05, 0) is 23.3 Å². The van der Waals surface area contributed by atoms with Gasteiger partial charge in [-0.2, -0.15) is 5.10 Å². The number of nitrogens with one attached hydrogen (secondary N) is 1. The van der Waals surface area contributed by atoms with Crippen LogP contribution in [-0.2, 0) is 11.3 Å². The molecule has 2 N–H and O–H groups in total. The molecule has 0 radical (unpaired) electrons. The molecule has 0 unspecified atom stereocenters. The van der Waals surface area contributed by atoms with Gasteiger partial charge in [0, 0.05) is 13.3 Å². The number of hydrazone groups is 1. The predicted molar refractivity (Wildman–Crippen MR) is 118 cm³/mol. The topological polar surface area (TPSA) is 117 Å². The molecule has 1 aliphatic rings. The summed E-state index contributed by atoms with van der Waals surface area (Å²) in [5, 5.41) is 16.5. The molecule has 0 aliphatic carbocycles. The van der Waals surface area contributed by atoms with Crippen molar-refractivity contribution in [2.45, 2.75) is 25.9 Å². The molecule has 1 aliphatic heterocycles. The van der Waals surface area contributed by atoms with E-state index in [0.29, 0.717) is 5.75 Å². The van der Waals surface area contributed by atoms with E-state index in [-0.39, 0.29) is 30.1 Å². The molecule has 3 aromatic rings. The zero-order chi connectivity index (χ0) is 22.8. The number of methoxy groups -OCH3 is 1. The van der Waals surface area contributed by atoms with Crippen LogP contribution in [0.3, 0.4) is 0 Å². The van der Waals surface area contributed by atoms with Gasteiger partial charge in [0.1, 0.15) is 11.3 Å². The summed E-state index contributed by atoms with van der Waals surface area (Å²) in [6, 6.07) is 15.8. The molecule has 0 saturated carbocycles. The zero-order valence-corrected chi connectivity index (χ0v) is 17.6. The van der Waals surface area contributed by atoms with Gasteiger partial charge in [0.2, 0.25) is 11.8 Å². The van der Waals surface area contributed by atoms with Crippen molar-refractivity contribution in [2.75, 3.05) is 7.11 Å². The van der Waals surface area contributed by atoms with Crippen LogP contribution in [0.5, 0.6) is 11.6 Å². The van der Waals surface area contributed by atoms with Crippen LogP contribution < -0.4 is 16.0 Å². The highest BCUT2D eigenvalue weighted by atomic mass is 16.5. The van der Waals surface area contributed by atoms with Gasteiger partial charge in [-0.25, -0.2) is 9.80 Å². The van der Waals surface area contributed by atoms with Crippen molar-refractivity contribution >= 4 is 11.6 Å². The van der Waals surface area contributed by atoms with Crippen LogP contribution in [0.1, 0.15) is 36.1 Å². The highest BCUT2D eigenvalue weighted by molar-refractivity contribution is 6.04. The van der Waals surface area contributed by atoms with Crippen molar-refractivity contribution in [3.63, 3.8) is 0 Å². The fraction of sp³-hybridized carbons (Fsp3) is 0.217. The highest BCUT2D eigenvalue weighted by Gasteiger charge is 2.34. The second kappa shape index (κ2) is 8.54. The molecule has 0 saturated heterocycles.